The first-order valence-corrected chi connectivity index (χ1v) is 7.93. The highest BCUT2D eigenvalue weighted by Crippen LogP contribution is 2.21. The zero-order valence-electron chi connectivity index (χ0n) is 10.8. The molecular weight excluding hydrogens is 337 g/mol. The highest BCUT2D eigenvalue weighted by atomic mass is 35.5. The van der Waals surface area contributed by atoms with Gasteiger partial charge in [0.1, 0.15) is 5.69 Å². The lowest BCUT2D eigenvalue weighted by Gasteiger charge is -2.09. The van der Waals surface area contributed by atoms with Gasteiger partial charge < -0.3 is 4.57 Å². The summed E-state index contributed by atoms with van der Waals surface area (Å²) in [6.45, 7) is 0. The quantitative estimate of drug-likeness (QED) is 0.829. The van der Waals surface area contributed by atoms with E-state index in [0.717, 1.165) is 0 Å². The lowest BCUT2D eigenvalue weighted by atomic mass is 10.4. The molecule has 0 aliphatic rings. The first-order valence-electron chi connectivity index (χ1n) is 5.69. The summed E-state index contributed by atoms with van der Waals surface area (Å²) in [6.07, 6.45) is 1.67. The van der Waals surface area contributed by atoms with E-state index in [1.165, 1.54) is 18.2 Å². The number of hydrogen-bond donors (Lipinski definition) is 2. The smallest absolute Gasteiger partial charge is 0.282 e. The summed E-state index contributed by atoms with van der Waals surface area (Å²) in [4.78, 5) is 13.7. The number of carbonyl (C=O) groups excluding carboxylic acids is 1. The molecule has 0 aliphatic heterocycles. The number of benzene rings is 1. The van der Waals surface area contributed by atoms with Crippen molar-refractivity contribution in [1.29, 1.82) is 0 Å². The van der Waals surface area contributed by atoms with Crippen molar-refractivity contribution < 1.29 is 13.2 Å². The lowest BCUT2D eigenvalue weighted by molar-refractivity contribution is 0.0937. The zero-order valence-corrected chi connectivity index (χ0v) is 13.1. The van der Waals surface area contributed by atoms with Crippen LogP contribution in [-0.4, -0.2) is 18.9 Å². The molecule has 21 heavy (non-hydrogen) atoms. The van der Waals surface area contributed by atoms with Gasteiger partial charge in [-0.15, -0.1) is 4.83 Å². The molecule has 2 N–H and O–H groups in total. The van der Waals surface area contributed by atoms with Crippen molar-refractivity contribution in [3.63, 3.8) is 0 Å². The molecule has 0 saturated carbocycles. The fourth-order valence-corrected chi connectivity index (χ4v) is 3.18. The van der Waals surface area contributed by atoms with Gasteiger partial charge in [-0.1, -0.05) is 23.2 Å². The standard InChI is InChI=1S/C12H11Cl2N3O3S/c1-17-4-2-3-11(17)12(18)15-16-21(19,20)10-6-8(13)5-9(14)7-10/h2-7,16H,1H3,(H,15,18). The molecule has 0 unspecified atom stereocenters. The van der Waals surface area contributed by atoms with E-state index in [-0.39, 0.29) is 14.9 Å². The maximum atomic E-state index is 12.0. The summed E-state index contributed by atoms with van der Waals surface area (Å²) in [6, 6.07) is 7.08. The Morgan fingerprint density at radius 2 is 1.81 bits per heavy atom. The summed E-state index contributed by atoms with van der Waals surface area (Å²) in [5.41, 5.74) is 2.43. The SMILES string of the molecule is Cn1cccc1C(=O)NNS(=O)(=O)c1cc(Cl)cc(Cl)c1. The highest BCUT2D eigenvalue weighted by Gasteiger charge is 2.17. The molecule has 0 atom stereocenters. The van der Waals surface area contributed by atoms with Crippen LogP contribution >= 0.6 is 23.2 Å². The maximum Gasteiger partial charge on any atom is 0.282 e. The number of rotatable bonds is 4. The van der Waals surface area contributed by atoms with Gasteiger partial charge in [0, 0.05) is 23.3 Å². The Balaban J connectivity index is 2.15. The van der Waals surface area contributed by atoms with Crippen LogP contribution in [0.3, 0.4) is 0 Å². The van der Waals surface area contributed by atoms with E-state index in [4.69, 9.17) is 23.2 Å². The highest BCUT2D eigenvalue weighted by molar-refractivity contribution is 7.89. The number of nitrogens with zero attached hydrogens (tertiary/aromatic N) is 1. The number of aromatic nitrogens is 1. The van der Waals surface area contributed by atoms with E-state index in [0.29, 0.717) is 5.69 Å². The Labute approximate surface area is 131 Å². The molecule has 0 bridgehead atoms. The van der Waals surface area contributed by atoms with Gasteiger partial charge in [-0.25, -0.2) is 8.42 Å². The van der Waals surface area contributed by atoms with Gasteiger partial charge in [-0.2, -0.15) is 0 Å². The van der Waals surface area contributed by atoms with Crippen molar-refractivity contribution in [1.82, 2.24) is 14.8 Å². The molecule has 1 heterocycles. The molecule has 6 nitrogen and oxygen atoms in total. The van der Waals surface area contributed by atoms with Crippen molar-refractivity contribution in [2.45, 2.75) is 4.90 Å². The third-order valence-corrected chi connectivity index (χ3v) is 4.29. The fourth-order valence-electron chi connectivity index (χ4n) is 1.62. The van der Waals surface area contributed by atoms with E-state index < -0.39 is 15.9 Å². The minimum atomic E-state index is -3.96. The molecule has 0 saturated heterocycles. The number of aryl methyl sites for hydroxylation is 1. The number of sulfonamides is 1. The minimum Gasteiger partial charge on any atom is -0.347 e. The summed E-state index contributed by atoms with van der Waals surface area (Å²) in [5, 5.41) is 0.355. The number of nitrogens with one attached hydrogen (secondary N) is 2. The molecule has 2 rings (SSSR count). The second-order valence-corrected chi connectivity index (χ2v) is 6.72. The van der Waals surface area contributed by atoms with Crippen LogP contribution in [0.5, 0.6) is 0 Å². The fraction of sp³-hybridized carbons (Fsp3) is 0.0833. The number of hydrazine groups is 1. The third-order valence-electron chi connectivity index (χ3n) is 2.62. The number of amides is 1. The van der Waals surface area contributed by atoms with Crippen molar-refractivity contribution in [3.8, 4) is 0 Å². The maximum absolute atomic E-state index is 12.0. The predicted octanol–water partition coefficient (Wildman–Crippen LogP) is 1.96. The van der Waals surface area contributed by atoms with E-state index in [9.17, 15) is 13.2 Å². The Hall–Kier alpha value is -1.54. The van der Waals surface area contributed by atoms with Gasteiger partial charge in [0.05, 0.1) is 4.90 Å². The Morgan fingerprint density at radius 1 is 1.19 bits per heavy atom. The van der Waals surface area contributed by atoms with Gasteiger partial charge in [0.15, 0.2) is 0 Å². The average Bonchev–Trinajstić information content (AvgIpc) is 2.81. The largest absolute Gasteiger partial charge is 0.347 e. The zero-order chi connectivity index (χ0) is 15.6. The summed E-state index contributed by atoms with van der Waals surface area (Å²) < 4.78 is 25.6. The first kappa shape index (κ1) is 15.8. The molecule has 1 aromatic heterocycles. The van der Waals surface area contributed by atoms with Gasteiger partial charge in [0.25, 0.3) is 15.9 Å². The Morgan fingerprint density at radius 3 is 2.33 bits per heavy atom. The summed E-state index contributed by atoms with van der Waals surface area (Å²) in [5.74, 6) is -0.584. The van der Waals surface area contributed by atoms with Crippen molar-refractivity contribution in [3.05, 3.63) is 52.3 Å². The molecule has 1 amide bonds. The van der Waals surface area contributed by atoms with Crippen LogP contribution in [0.1, 0.15) is 10.5 Å². The molecule has 1 aromatic carbocycles. The van der Waals surface area contributed by atoms with Crippen LogP contribution in [0.15, 0.2) is 41.4 Å². The van der Waals surface area contributed by atoms with Gasteiger partial charge in [-0.05, 0) is 30.3 Å². The molecule has 0 aliphatic carbocycles. The van der Waals surface area contributed by atoms with Gasteiger partial charge >= 0.3 is 0 Å². The van der Waals surface area contributed by atoms with Crippen LogP contribution < -0.4 is 10.3 Å². The number of halogens is 2. The Kier molecular flexibility index (Phi) is 4.58. The van der Waals surface area contributed by atoms with E-state index in [1.54, 1.807) is 29.9 Å². The monoisotopic (exact) mass is 347 g/mol. The van der Waals surface area contributed by atoms with Gasteiger partial charge in [-0.3, -0.25) is 10.2 Å². The number of hydrogen-bond acceptors (Lipinski definition) is 3. The molecule has 112 valence electrons. The third kappa shape index (κ3) is 3.76. The van der Waals surface area contributed by atoms with Crippen molar-refractivity contribution in [2.24, 2.45) is 7.05 Å². The average molecular weight is 348 g/mol. The second-order valence-electron chi connectivity index (χ2n) is 4.17. The molecule has 9 heteroatoms. The lowest BCUT2D eigenvalue weighted by Crippen LogP contribution is -2.42. The molecule has 0 spiro atoms. The summed E-state index contributed by atoms with van der Waals surface area (Å²) in [7, 11) is -2.30. The van der Waals surface area contributed by atoms with Crippen LogP contribution in [0, 0.1) is 0 Å². The Bertz CT molecular complexity index is 767. The molecule has 0 fully saturated rings. The number of carbonyl (C=O) groups is 1. The van der Waals surface area contributed by atoms with Crippen molar-refractivity contribution >= 4 is 39.1 Å². The van der Waals surface area contributed by atoms with E-state index >= 15 is 0 Å². The van der Waals surface area contributed by atoms with E-state index in [1.807, 2.05) is 4.83 Å². The van der Waals surface area contributed by atoms with Crippen LogP contribution in [0.25, 0.3) is 0 Å². The minimum absolute atomic E-state index is 0.146. The second kappa shape index (κ2) is 6.07. The summed E-state index contributed by atoms with van der Waals surface area (Å²) >= 11 is 11.5. The predicted molar refractivity (Wildman–Crippen MR) is 79.7 cm³/mol. The van der Waals surface area contributed by atoms with Gasteiger partial charge in [0.2, 0.25) is 0 Å². The van der Waals surface area contributed by atoms with Crippen LogP contribution in [0.4, 0.5) is 0 Å². The first-order chi connectivity index (χ1) is 9.79. The van der Waals surface area contributed by atoms with E-state index in [2.05, 4.69) is 5.43 Å². The van der Waals surface area contributed by atoms with Crippen LogP contribution in [-0.2, 0) is 17.1 Å². The van der Waals surface area contributed by atoms with Crippen molar-refractivity contribution in [2.75, 3.05) is 0 Å². The topological polar surface area (TPSA) is 80.2 Å². The molecular formula is C12H11Cl2N3O3S. The molecule has 0 radical (unpaired) electrons. The van der Waals surface area contributed by atoms with Crippen LogP contribution in [0.2, 0.25) is 10.0 Å². The normalized spacial score (nSPS) is 11.4. The molecule has 2 aromatic rings.